The summed E-state index contributed by atoms with van der Waals surface area (Å²) in [4.78, 5) is 18.8. The first-order valence-corrected chi connectivity index (χ1v) is 8.98. The highest BCUT2D eigenvalue weighted by molar-refractivity contribution is 5.79. The first-order chi connectivity index (χ1) is 13.2. The molecule has 0 aliphatic carbocycles. The number of carbonyl (C=O) groups is 1. The van der Waals surface area contributed by atoms with E-state index in [4.69, 9.17) is 9.72 Å². The third-order valence-corrected chi connectivity index (χ3v) is 4.51. The average Bonchev–Trinajstić information content (AvgIpc) is 3.10. The number of aromatic nitrogens is 3. The Morgan fingerprint density at radius 3 is 3.15 bits per heavy atom. The number of anilines is 1. The van der Waals surface area contributed by atoms with Crippen molar-refractivity contribution in [2.24, 2.45) is 0 Å². The number of hydrogen-bond acceptors (Lipinski definition) is 6. The topological polar surface area (TPSA) is 83.8 Å². The van der Waals surface area contributed by atoms with Crippen LogP contribution in [0.2, 0.25) is 0 Å². The number of carbonyl (C=O) groups excluding carboxylic acids is 1. The molecule has 0 unspecified atom stereocenters. The van der Waals surface area contributed by atoms with Gasteiger partial charge in [-0.3, -0.25) is 4.79 Å². The predicted octanol–water partition coefficient (Wildman–Crippen LogP) is 1.25. The van der Waals surface area contributed by atoms with Gasteiger partial charge in [0.15, 0.2) is 5.65 Å². The molecular formula is C19H22N6O2. The zero-order chi connectivity index (χ0) is 18.6. The second-order valence-corrected chi connectivity index (χ2v) is 6.35. The fourth-order valence-electron chi connectivity index (χ4n) is 3.14. The standard InChI is InChI=1S/C19H22N6O2/c1-20-13-18(26)24-8-6-21-17-5-7-25-19(23-17)16(12-22-25)14-3-2-4-15(11-14)27-10-9-24/h2-5,7,11-12,20H,6,8-10,13H2,1H3,(H,21,23). The first-order valence-electron chi connectivity index (χ1n) is 8.98. The van der Waals surface area contributed by atoms with E-state index < -0.39 is 0 Å². The molecule has 1 aromatic carbocycles. The minimum Gasteiger partial charge on any atom is -0.492 e. The van der Waals surface area contributed by atoms with Crippen LogP contribution in [0.25, 0.3) is 16.8 Å². The molecule has 0 saturated heterocycles. The maximum atomic E-state index is 12.3. The number of rotatable bonds is 2. The number of likely N-dealkylation sites (N-methyl/N-ethyl adjacent to an activating group) is 1. The quantitative estimate of drug-likeness (QED) is 0.710. The highest BCUT2D eigenvalue weighted by Gasteiger charge is 2.14. The Morgan fingerprint density at radius 1 is 1.33 bits per heavy atom. The summed E-state index contributed by atoms with van der Waals surface area (Å²) in [5.74, 6) is 1.57. The number of nitrogens with zero attached hydrogens (tertiary/aromatic N) is 4. The lowest BCUT2D eigenvalue weighted by atomic mass is 10.1. The van der Waals surface area contributed by atoms with Crippen LogP contribution in [0.15, 0.2) is 42.7 Å². The van der Waals surface area contributed by atoms with E-state index in [1.165, 1.54) is 0 Å². The molecule has 8 nitrogen and oxygen atoms in total. The molecule has 3 heterocycles. The third-order valence-electron chi connectivity index (χ3n) is 4.51. The molecule has 0 spiro atoms. The summed E-state index contributed by atoms with van der Waals surface area (Å²) in [6.45, 7) is 2.44. The van der Waals surface area contributed by atoms with E-state index in [-0.39, 0.29) is 5.91 Å². The molecule has 140 valence electrons. The maximum absolute atomic E-state index is 12.3. The van der Waals surface area contributed by atoms with E-state index in [1.54, 1.807) is 16.5 Å². The van der Waals surface area contributed by atoms with Crippen LogP contribution in [0.3, 0.4) is 0 Å². The second kappa shape index (κ2) is 7.63. The van der Waals surface area contributed by atoms with Crippen LogP contribution >= 0.6 is 0 Å². The van der Waals surface area contributed by atoms with Gasteiger partial charge in [0.25, 0.3) is 0 Å². The van der Waals surface area contributed by atoms with Crippen molar-refractivity contribution in [3.8, 4) is 16.9 Å². The predicted molar refractivity (Wildman–Crippen MR) is 103 cm³/mol. The molecule has 0 saturated carbocycles. The molecule has 1 aliphatic heterocycles. The molecule has 2 N–H and O–H groups in total. The Kier molecular flexibility index (Phi) is 4.88. The van der Waals surface area contributed by atoms with E-state index in [1.807, 2.05) is 42.7 Å². The lowest BCUT2D eigenvalue weighted by Crippen LogP contribution is -2.42. The van der Waals surface area contributed by atoms with E-state index in [0.29, 0.717) is 32.8 Å². The molecule has 8 heteroatoms. The van der Waals surface area contributed by atoms with E-state index in [0.717, 1.165) is 28.3 Å². The number of nitrogens with one attached hydrogen (secondary N) is 2. The largest absolute Gasteiger partial charge is 0.492 e. The molecule has 3 aromatic rings. The van der Waals surface area contributed by atoms with Gasteiger partial charge in [0.2, 0.25) is 5.91 Å². The SMILES string of the molecule is CNCC(=O)N1CCNc2ccn3ncc(c3n2)-c2cccc(c2)OCC1. The van der Waals surface area contributed by atoms with Gasteiger partial charge in [-0.15, -0.1) is 0 Å². The summed E-state index contributed by atoms with van der Waals surface area (Å²) in [7, 11) is 1.77. The van der Waals surface area contributed by atoms with Gasteiger partial charge in [-0.1, -0.05) is 12.1 Å². The Labute approximate surface area is 157 Å². The molecular weight excluding hydrogens is 344 g/mol. The van der Waals surface area contributed by atoms with Crippen molar-refractivity contribution in [2.75, 3.05) is 45.2 Å². The Hall–Kier alpha value is -3.13. The van der Waals surface area contributed by atoms with Gasteiger partial charge in [0, 0.05) is 24.8 Å². The molecule has 4 rings (SSSR count). The fourth-order valence-corrected chi connectivity index (χ4v) is 3.14. The first kappa shape index (κ1) is 17.3. The summed E-state index contributed by atoms with van der Waals surface area (Å²) < 4.78 is 7.65. The Morgan fingerprint density at radius 2 is 2.26 bits per heavy atom. The van der Waals surface area contributed by atoms with Crippen LogP contribution in [0, 0.1) is 0 Å². The monoisotopic (exact) mass is 366 g/mol. The molecule has 0 atom stereocenters. The van der Waals surface area contributed by atoms with Crippen LogP contribution in [0.5, 0.6) is 5.75 Å². The van der Waals surface area contributed by atoms with Crippen molar-refractivity contribution < 1.29 is 9.53 Å². The average molecular weight is 366 g/mol. The van der Waals surface area contributed by atoms with Crippen LogP contribution in [-0.2, 0) is 4.79 Å². The van der Waals surface area contributed by atoms with Crippen molar-refractivity contribution in [1.82, 2.24) is 24.8 Å². The molecule has 1 amide bonds. The maximum Gasteiger partial charge on any atom is 0.236 e. The van der Waals surface area contributed by atoms with Gasteiger partial charge in [0.1, 0.15) is 18.2 Å². The van der Waals surface area contributed by atoms with Gasteiger partial charge in [-0.25, -0.2) is 9.50 Å². The fraction of sp³-hybridized carbons (Fsp3) is 0.316. The number of hydrogen-bond donors (Lipinski definition) is 2. The zero-order valence-corrected chi connectivity index (χ0v) is 15.2. The number of amides is 1. The molecule has 1 aliphatic rings. The van der Waals surface area contributed by atoms with Crippen molar-refractivity contribution in [2.45, 2.75) is 0 Å². The molecule has 0 fully saturated rings. The van der Waals surface area contributed by atoms with Gasteiger partial charge in [-0.05, 0) is 30.8 Å². The van der Waals surface area contributed by atoms with E-state index in [2.05, 4.69) is 15.7 Å². The van der Waals surface area contributed by atoms with Crippen LogP contribution < -0.4 is 15.4 Å². The number of benzene rings is 1. The Balaban J connectivity index is 1.69. The minimum absolute atomic E-state index is 0.0465. The Bertz CT molecular complexity index is 954. The van der Waals surface area contributed by atoms with Crippen molar-refractivity contribution in [3.05, 3.63) is 42.7 Å². The molecule has 27 heavy (non-hydrogen) atoms. The number of ether oxygens (including phenoxy) is 1. The minimum atomic E-state index is 0.0465. The summed E-state index contributed by atoms with van der Waals surface area (Å²) in [5.41, 5.74) is 2.72. The number of fused-ring (bicyclic) bond motifs is 4. The lowest BCUT2D eigenvalue weighted by Gasteiger charge is -2.23. The van der Waals surface area contributed by atoms with Crippen molar-refractivity contribution in [1.29, 1.82) is 0 Å². The van der Waals surface area contributed by atoms with Crippen LogP contribution in [0.4, 0.5) is 5.82 Å². The van der Waals surface area contributed by atoms with Gasteiger partial charge in [0.05, 0.1) is 19.3 Å². The summed E-state index contributed by atoms with van der Waals surface area (Å²) >= 11 is 0. The summed E-state index contributed by atoms with van der Waals surface area (Å²) in [5, 5.41) is 10.6. The van der Waals surface area contributed by atoms with Gasteiger partial charge >= 0.3 is 0 Å². The lowest BCUT2D eigenvalue weighted by molar-refractivity contribution is -0.130. The molecule has 0 radical (unpaired) electrons. The van der Waals surface area contributed by atoms with Crippen molar-refractivity contribution in [3.63, 3.8) is 0 Å². The highest BCUT2D eigenvalue weighted by Crippen LogP contribution is 2.27. The summed E-state index contributed by atoms with van der Waals surface area (Å²) in [6, 6.07) is 9.74. The molecule has 2 aromatic heterocycles. The van der Waals surface area contributed by atoms with Crippen LogP contribution in [0.1, 0.15) is 0 Å². The van der Waals surface area contributed by atoms with Crippen molar-refractivity contribution >= 4 is 17.4 Å². The molecule has 4 bridgehead atoms. The van der Waals surface area contributed by atoms with E-state index >= 15 is 0 Å². The normalized spacial score (nSPS) is 14.5. The van der Waals surface area contributed by atoms with E-state index in [9.17, 15) is 4.79 Å². The van der Waals surface area contributed by atoms with Gasteiger partial charge in [-0.2, -0.15) is 5.10 Å². The second-order valence-electron chi connectivity index (χ2n) is 6.35. The summed E-state index contributed by atoms with van der Waals surface area (Å²) in [6.07, 6.45) is 3.69. The van der Waals surface area contributed by atoms with Gasteiger partial charge < -0.3 is 20.3 Å². The highest BCUT2D eigenvalue weighted by atomic mass is 16.5. The third kappa shape index (κ3) is 3.70. The van der Waals surface area contributed by atoms with Crippen LogP contribution in [-0.4, -0.2) is 65.2 Å². The zero-order valence-electron chi connectivity index (χ0n) is 15.2. The smallest absolute Gasteiger partial charge is 0.236 e.